The lowest BCUT2D eigenvalue weighted by atomic mass is 10.1. The summed E-state index contributed by atoms with van der Waals surface area (Å²) in [6.07, 6.45) is 11.3. The van der Waals surface area contributed by atoms with Gasteiger partial charge in [-0.25, -0.2) is 0 Å². The highest BCUT2D eigenvalue weighted by Gasteiger charge is 1.95. The molecule has 0 bridgehead atoms. The van der Waals surface area contributed by atoms with Crippen LogP contribution in [0.15, 0.2) is 30.3 Å². The van der Waals surface area contributed by atoms with Crippen molar-refractivity contribution in [2.24, 2.45) is 0 Å². The molecule has 1 rings (SSSR count). The summed E-state index contributed by atoms with van der Waals surface area (Å²) in [5.41, 5.74) is 1.50. The fraction of sp³-hybridized carbons (Fsp3) is 0.625. The van der Waals surface area contributed by atoms with Gasteiger partial charge in [0, 0.05) is 0 Å². The van der Waals surface area contributed by atoms with Gasteiger partial charge in [0.1, 0.15) is 0 Å². The summed E-state index contributed by atoms with van der Waals surface area (Å²) in [6.45, 7) is 4.77. The largest absolute Gasteiger partial charge is 0.113 e. The zero-order valence-corrected chi connectivity index (χ0v) is 12.4. The minimum atomic E-state index is 0.342. The standard InChI is InChI=1S/C16H27P/c1-17(2)15-11-6-4-3-5-8-12-16-13-9-7-10-14-16/h7,9-10,13-14H,3-6,8,11-12,15H2,1-2H3. The Hall–Kier alpha value is -0.350. The van der Waals surface area contributed by atoms with E-state index in [0.717, 1.165) is 0 Å². The van der Waals surface area contributed by atoms with Crippen molar-refractivity contribution in [2.75, 3.05) is 19.5 Å². The van der Waals surface area contributed by atoms with Gasteiger partial charge in [-0.15, -0.1) is 7.92 Å². The molecule has 1 aromatic rings. The van der Waals surface area contributed by atoms with Crippen molar-refractivity contribution in [3.05, 3.63) is 35.9 Å². The fourth-order valence-electron chi connectivity index (χ4n) is 2.11. The summed E-state index contributed by atoms with van der Waals surface area (Å²) in [7, 11) is 0.342. The van der Waals surface area contributed by atoms with Gasteiger partial charge in [0.05, 0.1) is 0 Å². The first-order valence-corrected chi connectivity index (χ1v) is 9.40. The molecular weight excluding hydrogens is 223 g/mol. The quantitative estimate of drug-likeness (QED) is 0.411. The molecular formula is C16H27P. The van der Waals surface area contributed by atoms with E-state index in [1.165, 1.54) is 56.7 Å². The van der Waals surface area contributed by atoms with Gasteiger partial charge in [-0.2, -0.15) is 0 Å². The second kappa shape index (κ2) is 9.66. The molecule has 0 aliphatic rings. The first-order valence-electron chi connectivity index (χ1n) is 6.97. The number of benzene rings is 1. The Morgan fingerprint density at radius 2 is 1.35 bits per heavy atom. The molecule has 0 nitrogen and oxygen atoms in total. The fourth-order valence-corrected chi connectivity index (χ4v) is 2.97. The molecule has 17 heavy (non-hydrogen) atoms. The van der Waals surface area contributed by atoms with Gasteiger partial charge in [0.25, 0.3) is 0 Å². The summed E-state index contributed by atoms with van der Waals surface area (Å²) in [6, 6.07) is 10.9. The average molecular weight is 250 g/mol. The Balaban J connectivity index is 1.88. The maximum absolute atomic E-state index is 2.38. The van der Waals surface area contributed by atoms with Gasteiger partial charge >= 0.3 is 0 Å². The molecule has 0 heterocycles. The van der Waals surface area contributed by atoms with Crippen LogP contribution < -0.4 is 0 Å². The Kier molecular flexibility index (Phi) is 8.36. The molecule has 0 aliphatic carbocycles. The van der Waals surface area contributed by atoms with Crippen molar-refractivity contribution in [1.82, 2.24) is 0 Å². The Morgan fingerprint density at radius 1 is 0.765 bits per heavy atom. The molecule has 0 saturated carbocycles. The molecule has 1 heteroatoms. The normalized spacial score (nSPS) is 11.0. The third kappa shape index (κ3) is 8.38. The Bertz CT molecular complexity index is 266. The third-order valence-corrected chi connectivity index (χ3v) is 4.37. The van der Waals surface area contributed by atoms with Crippen molar-refractivity contribution in [2.45, 2.75) is 44.9 Å². The van der Waals surface area contributed by atoms with Crippen molar-refractivity contribution in [1.29, 1.82) is 0 Å². The average Bonchev–Trinajstić information content (AvgIpc) is 2.33. The Labute approximate surface area is 109 Å². The van der Waals surface area contributed by atoms with E-state index in [1.807, 2.05) is 0 Å². The van der Waals surface area contributed by atoms with Crippen LogP contribution in [0.1, 0.15) is 44.1 Å². The van der Waals surface area contributed by atoms with E-state index in [1.54, 1.807) is 0 Å². The van der Waals surface area contributed by atoms with Crippen LogP contribution in [0, 0.1) is 0 Å². The second-order valence-corrected chi connectivity index (χ2v) is 7.77. The van der Waals surface area contributed by atoms with E-state index in [2.05, 4.69) is 43.7 Å². The zero-order chi connectivity index (χ0) is 12.3. The highest BCUT2D eigenvalue weighted by Crippen LogP contribution is 2.26. The van der Waals surface area contributed by atoms with E-state index in [-0.39, 0.29) is 0 Å². The van der Waals surface area contributed by atoms with Crippen LogP contribution in [-0.2, 0) is 6.42 Å². The van der Waals surface area contributed by atoms with Crippen LogP contribution in [0.25, 0.3) is 0 Å². The number of hydrogen-bond acceptors (Lipinski definition) is 0. The number of hydrogen-bond donors (Lipinski definition) is 0. The molecule has 0 aromatic heterocycles. The predicted octanol–water partition coefficient (Wildman–Crippen LogP) is 5.31. The number of aryl methyl sites for hydroxylation is 1. The van der Waals surface area contributed by atoms with Gasteiger partial charge in [-0.3, -0.25) is 0 Å². The van der Waals surface area contributed by atoms with Crippen LogP contribution >= 0.6 is 7.92 Å². The molecule has 0 fully saturated rings. The summed E-state index contributed by atoms with van der Waals surface area (Å²) in [4.78, 5) is 0. The molecule has 0 N–H and O–H groups in total. The lowest BCUT2D eigenvalue weighted by Crippen LogP contribution is -1.87. The van der Waals surface area contributed by atoms with Crippen molar-refractivity contribution < 1.29 is 0 Å². The summed E-state index contributed by atoms with van der Waals surface area (Å²) in [5, 5.41) is 0. The van der Waals surface area contributed by atoms with Gasteiger partial charge in [0.15, 0.2) is 0 Å². The maximum Gasteiger partial charge on any atom is -0.0279 e. The molecule has 0 amide bonds. The van der Waals surface area contributed by atoms with Gasteiger partial charge < -0.3 is 0 Å². The van der Waals surface area contributed by atoms with Gasteiger partial charge in [-0.1, -0.05) is 56.0 Å². The number of unbranched alkanes of at least 4 members (excludes halogenated alkanes) is 5. The van der Waals surface area contributed by atoms with E-state index < -0.39 is 0 Å². The smallest absolute Gasteiger partial charge is 0.0279 e. The lowest BCUT2D eigenvalue weighted by molar-refractivity contribution is 0.609. The SMILES string of the molecule is CP(C)CCCCCCCCc1ccccc1. The van der Waals surface area contributed by atoms with Gasteiger partial charge in [-0.05, 0) is 44.3 Å². The Morgan fingerprint density at radius 3 is 2.00 bits per heavy atom. The lowest BCUT2D eigenvalue weighted by Gasteiger charge is -2.05. The topological polar surface area (TPSA) is 0 Å². The molecule has 0 unspecified atom stereocenters. The predicted molar refractivity (Wildman–Crippen MR) is 81.5 cm³/mol. The van der Waals surface area contributed by atoms with E-state index in [4.69, 9.17) is 0 Å². The van der Waals surface area contributed by atoms with Crippen molar-refractivity contribution in [3.63, 3.8) is 0 Å². The summed E-state index contributed by atoms with van der Waals surface area (Å²) in [5.74, 6) is 0. The van der Waals surface area contributed by atoms with E-state index >= 15 is 0 Å². The minimum Gasteiger partial charge on any atom is -0.113 e. The van der Waals surface area contributed by atoms with Crippen molar-refractivity contribution >= 4 is 7.92 Å². The molecule has 0 atom stereocenters. The van der Waals surface area contributed by atoms with Crippen LogP contribution in [0.4, 0.5) is 0 Å². The van der Waals surface area contributed by atoms with E-state index in [0.29, 0.717) is 7.92 Å². The van der Waals surface area contributed by atoms with E-state index in [9.17, 15) is 0 Å². The van der Waals surface area contributed by atoms with Crippen LogP contribution in [0.5, 0.6) is 0 Å². The molecule has 1 aromatic carbocycles. The van der Waals surface area contributed by atoms with Crippen LogP contribution in [-0.4, -0.2) is 19.5 Å². The monoisotopic (exact) mass is 250 g/mol. The minimum absolute atomic E-state index is 0.342. The van der Waals surface area contributed by atoms with Crippen LogP contribution in [0.3, 0.4) is 0 Å². The van der Waals surface area contributed by atoms with Gasteiger partial charge in [0.2, 0.25) is 0 Å². The molecule has 0 aliphatic heterocycles. The van der Waals surface area contributed by atoms with Crippen LogP contribution in [0.2, 0.25) is 0 Å². The molecule has 0 saturated heterocycles. The highest BCUT2D eigenvalue weighted by atomic mass is 31.1. The third-order valence-electron chi connectivity index (χ3n) is 3.16. The first kappa shape index (κ1) is 14.7. The number of rotatable bonds is 9. The molecule has 96 valence electrons. The van der Waals surface area contributed by atoms with Crippen molar-refractivity contribution in [3.8, 4) is 0 Å². The first-order chi connectivity index (χ1) is 8.29. The highest BCUT2D eigenvalue weighted by molar-refractivity contribution is 7.55. The maximum atomic E-state index is 2.38. The summed E-state index contributed by atoms with van der Waals surface area (Å²) >= 11 is 0. The molecule has 0 radical (unpaired) electrons. The second-order valence-electron chi connectivity index (χ2n) is 5.16. The molecule has 0 spiro atoms. The summed E-state index contributed by atoms with van der Waals surface area (Å²) < 4.78 is 0. The zero-order valence-electron chi connectivity index (χ0n) is 11.5.